The molecule has 2 aliphatic rings. The Hall–Kier alpha value is -1.43. The lowest BCUT2D eigenvalue weighted by molar-refractivity contribution is -0.0526. The van der Waals surface area contributed by atoms with E-state index in [2.05, 4.69) is 15.0 Å². The summed E-state index contributed by atoms with van der Waals surface area (Å²) in [5.41, 5.74) is 5.65. The number of nitrogens with two attached hydrogens (primary N) is 1. The van der Waals surface area contributed by atoms with Gasteiger partial charge in [0.15, 0.2) is 17.7 Å². The second-order valence-electron chi connectivity index (χ2n) is 9.09. The van der Waals surface area contributed by atoms with Gasteiger partial charge < -0.3 is 29.9 Å². The van der Waals surface area contributed by atoms with Gasteiger partial charge in [0, 0.05) is 13.0 Å². The number of rotatable bonds is 6. The van der Waals surface area contributed by atoms with Gasteiger partial charge in [-0.25, -0.2) is 15.0 Å². The van der Waals surface area contributed by atoms with Crippen molar-refractivity contribution in [1.29, 1.82) is 0 Å². The van der Waals surface area contributed by atoms with E-state index in [0.29, 0.717) is 11.2 Å². The average Bonchev–Trinajstić information content (AvgIpc) is 3.24. The van der Waals surface area contributed by atoms with Crippen LogP contribution in [-0.2, 0) is 23.1 Å². The van der Waals surface area contributed by atoms with Crippen molar-refractivity contribution in [3.8, 4) is 0 Å². The molecular weight excluding hydrogens is 464 g/mol. The minimum atomic E-state index is -4.36. The van der Waals surface area contributed by atoms with Crippen LogP contribution >= 0.6 is 15.2 Å². The van der Waals surface area contributed by atoms with Gasteiger partial charge in [-0.15, -0.1) is 0 Å². The Bertz CT molecular complexity index is 1110. The van der Waals surface area contributed by atoms with Crippen molar-refractivity contribution in [2.45, 2.75) is 62.5 Å². The Morgan fingerprint density at radius 3 is 2.44 bits per heavy atom. The van der Waals surface area contributed by atoms with Crippen LogP contribution < -0.4 is 5.73 Å². The normalized spacial score (nSPS) is 32.8. The lowest BCUT2D eigenvalue weighted by atomic mass is 10.1. The molecule has 0 aromatic carbocycles. The zero-order valence-corrected chi connectivity index (χ0v) is 19.8. The van der Waals surface area contributed by atoms with E-state index in [9.17, 15) is 23.8 Å². The molecule has 1 aliphatic carbocycles. The molecule has 7 unspecified atom stereocenters. The minimum absolute atomic E-state index is 0.168. The Morgan fingerprint density at radius 2 is 1.88 bits per heavy atom. The predicted octanol–water partition coefficient (Wildman–Crippen LogP) is 1.26. The Labute approximate surface area is 184 Å². The van der Waals surface area contributed by atoms with Gasteiger partial charge in [-0.3, -0.25) is 18.2 Å². The van der Waals surface area contributed by atoms with Crippen molar-refractivity contribution in [3.05, 3.63) is 12.7 Å². The van der Waals surface area contributed by atoms with Gasteiger partial charge >= 0.3 is 15.2 Å². The maximum atomic E-state index is 13.0. The third-order valence-electron chi connectivity index (χ3n) is 5.93. The van der Waals surface area contributed by atoms with E-state index in [-0.39, 0.29) is 12.2 Å². The molecule has 15 heteroatoms. The van der Waals surface area contributed by atoms with Crippen LogP contribution in [0.3, 0.4) is 0 Å². The van der Waals surface area contributed by atoms with E-state index >= 15 is 0 Å². The molecule has 0 radical (unpaired) electrons. The lowest BCUT2D eigenvalue weighted by Gasteiger charge is -2.31. The monoisotopic (exact) mass is 491 g/mol. The summed E-state index contributed by atoms with van der Waals surface area (Å²) < 4.78 is 43.9. The molecule has 1 saturated carbocycles. The lowest BCUT2D eigenvalue weighted by Crippen LogP contribution is -2.38. The molecule has 0 spiro atoms. The van der Waals surface area contributed by atoms with Crippen molar-refractivity contribution in [2.24, 2.45) is 5.92 Å². The summed E-state index contributed by atoms with van der Waals surface area (Å²) in [5.74, 6) is -0.403. The van der Waals surface area contributed by atoms with E-state index < -0.39 is 56.5 Å². The highest BCUT2D eigenvalue weighted by Gasteiger charge is 2.62. The van der Waals surface area contributed by atoms with E-state index in [1.54, 1.807) is 25.3 Å². The van der Waals surface area contributed by atoms with Gasteiger partial charge in [-0.1, -0.05) is 0 Å². The van der Waals surface area contributed by atoms with Gasteiger partial charge in [0.1, 0.15) is 24.1 Å². The third-order valence-corrected chi connectivity index (χ3v) is 9.61. The first-order valence-corrected chi connectivity index (χ1v) is 13.2. The van der Waals surface area contributed by atoms with Gasteiger partial charge in [0.2, 0.25) is 0 Å². The molecule has 178 valence electrons. The van der Waals surface area contributed by atoms with Crippen LogP contribution in [0.2, 0.25) is 0 Å². The summed E-state index contributed by atoms with van der Waals surface area (Å²) in [6.45, 7) is 4.70. The number of hydrogen-bond acceptors (Lipinski definition) is 9. The summed E-state index contributed by atoms with van der Waals surface area (Å²) >= 11 is 0. The molecule has 4 rings (SSSR count). The van der Waals surface area contributed by atoms with Crippen LogP contribution in [0, 0.1) is 5.92 Å². The molecule has 1 aliphatic heterocycles. The Morgan fingerprint density at radius 1 is 1.19 bits per heavy atom. The molecule has 1 saturated heterocycles. The Balaban J connectivity index is 1.74. The van der Waals surface area contributed by atoms with E-state index in [1.165, 1.54) is 19.8 Å². The molecule has 7 atom stereocenters. The summed E-state index contributed by atoms with van der Waals surface area (Å²) in [7, 11) is -7.14. The first kappa shape index (κ1) is 23.7. The smallest absolute Gasteiger partial charge is 0.333 e. The van der Waals surface area contributed by atoms with Crippen molar-refractivity contribution in [1.82, 2.24) is 19.5 Å². The molecule has 13 nitrogen and oxygen atoms in total. The molecule has 0 bridgehead atoms. The number of methoxy groups -OCH3 is 1. The van der Waals surface area contributed by atoms with E-state index in [1.807, 2.05) is 0 Å². The quantitative estimate of drug-likeness (QED) is 0.423. The van der Waals surface area contributed by atoms with Crippen LogP contribution in [0.1, 0.15) is 33.4 Å². The fourth-order valence-corrected chi connectivity index (χ4v) is 6.00. The number of ether oxygens (including phenoxy) is 2. The van der Waals surface area contributed by atoms with E-state index in [0.717, 1.165) is 0 Å². The Kier molecular flexibility index (Phi) is 5.79. The molecule has 2 aromatic heterocycles. The number of fused-ring (bicyclic) bond motifs is 1. The average molecular weight is 491 g/mol. The fraction of sp³-hybridized carbons (Fsp3) is 0.706. The third kappa shape index (κ3) is 4.01. The zero-order valence-electron chi connectivity index (χ0n) is 18.0. The fourth-order valence-electron chi connectivity index (χ4n) is 3.92. The molecule has 0 amide bonds. The highest BCUT2D eigenvalue weighted by atomic mass is 31.2. The number of nitrogen functional groups attached to an aromatic ring is 1. The molecule has 2 fully saturated rings. The van der Waals surface area contributed by atoms with Crippen LogP contribution in [0.4, 0.5) is 5.82 Å². The molecule has 3 heterocycles. The topological polar surface area (TPSA) is 192 Å². The predicted molar refractivity (Wildman–Crippen MR) is 113 cm³/mol. The van der Waals surface area contributed by atoms with Crippen LogP contribution in [-0.4, -0.2) is 70.4 Å². The maximum absolute atomic E-state index is 13.0. The molecular formula is C17H27N5O8P2. The van der Waals surface area contributed by atoms with Crippen molar-refractivity contribution < 1.29 is 37.8 Å². The highest BCUT2D eigenvalue weighted by Crippen LogP contribution is 2.64. The van der Waals surface area contributed by atoms with Gasteiger partial charge in [0.05, 0.1) is 23.2 Å². The van der Waals surface area contributed by atoms with Gasteiger partial charge in [-0.05, 0) is 27.2 Å². The first-order chi connectivity index (χ1) is 14.8. The van der Waals surface area contributed by atoms with Crippen LogP contribution in [0.5, 0.6) is 0 Å². The summed E-state index contributed by atoms with van der Waals surface area (Å²) in [4.78, 5) is 42.2. The number of hydrogen-bond donors (Lipinski definition) is 4. The van der Waals surface area contributed by atoms with Crippen molar-refractivity contribution >= 4 is 32.2 Å². The number of anilines is 1. The first-order valence-electron chi connectivity index (χ1n) is 9.94. The van der Waals surface area contributed by atoms with E-state index in [4.69, 9.17) is 19.7 Å². The second-order valence-corrected chi connectivity index (χ2v) is 13.5. The molecule has 5 N–H and O–H groups in total. The minimum Gasteiger partial charge on any atom is -0.382 e. The second kappa shape index (κ2) is 7.82. The number of aromatic nitrogens is 4. The summed E-state index contributed by atoms with van der Waals surface area (Å²) in [5, 5.41) is -1.09. The molecule has 32 heavy (non-hydrogen) atoms. The van der Waals surface area contributed by atoms with Crippen molar-refractivity contribution in [2.75, 3.05) is 12.8 Å². The van der Waals surface area contributed by atoms with Gasteiger partial charge in [-0.2, -0.15) is 0 Å². The zero-order chi connectivity index (χ0) is 23.6. The SMILES string of the molecule is COC1C(OP(=O)(O)C(C)(C)C)C(C2CC2P(=O)(O)O)OC1n1cnc2c(N)ncnc21. The standard InChI is InChI=1S/C17H27N5O8P2/c1-17(2,3)32(26,27)30-12-11(8-5-9(8)31(23,24)25)29-16(13(12)28-4)22-7-21-10-14(18)19-6-20-15(10)22/h6-9,11-13,16H,5H2,1-4H3,(H,26,27)(H2,18,19,20)(H2,23,24,25). The summed E-state index contributed by atoms with van der Waals surface area (Å²) in [6, 6.07) is 0. The molecule has 2 aromatic rings. The summed E-state index contributed by atoms with van der Waals surface area (Å²) in [6.07, 6.45) is -0.864. The van der Waals surface area contributed by atoms with Crippen LogP contribution in [0.15, 0.2) is 12.7 Å². The van der Waals surface area contributed by atoms with Crippen molar-refractivity contribution in [3.63, 3.8) is 0 Å². The number of nitrogens with zero attached hydrogens (tertiary/aromatic N) is 4. The van der Waals surface area contributed by atoms with Crippen LogP contribution in [0.25, 0.3) is 11.2 Å². The number of imidazole rings is 1. The van der Waals surface area contributed by atoms with Gasteiger partial charge in [0.25, 0.3) is 0 Å². The highest BCUT2D eigenvalue weighted by molar-refractivity contribution is 7.54. The maximum Gasteiger partial charge on any atom is 0.333 e. The largest absolute Gasteiger partial charge is 0.382 e.